The van der Waals surface area contributed by atoms with E-state index >= 15 is 0 Å². The summed E-state index contributed by atoms with van der Waals surface area (Å²) in [7, 11) is 1.41. The largest absolute Gasteiger partial charge is 0.469 e. The maximum absolute atomic E-state index is 12.3. The van der Waals surface area contributed by atoms with Crippen LogP contribution in [-0.4, -0.2) is 74.2 Å². The van der Waals surface area contributed by atoms with Gasteiger partial charge in [-0.2, -0.15) is 0 Å². The molecule has 6 nitrogen and oxygen atoms in total. The highest BCUT2D eigenvalue weighted by Gasteiger charge is 2.35. The smallest absolute Gasteiger partial charge is 0.310 e. The third kappa shape index (κ3) is 3.25. The molecule has 2 fully saturated rings. The quantitative estimate of drug-likeness (QED) is 0.661. The summed E-state index contributed by atoms with van der Waals surface area (Å²) >= 11 is 0. The summed E-state index contributed by atoms with van der Waals surface area (Å²) in [5.74, 6) is -0.132. The third-order valence-electron chi connectivity index (χ3n) is 3.98. The fourth-order valence-electron chi connectivity index (χ4n) is 2.70. The van der Waals surface area contributed by atoms with Crippen LogP contribution in [0.2, 0.25) is 0 Å². The van der Waals surface area contributed by atoms with Gasteiger partial charge in [0.15, 0.2) is 0 Å². The van der Waals surface area contributed by atoms with Crippen molar-refractivity contribution in [2.75, 3.05) is 46.5 Å². The van der Waals surface area contributed by atoms with Crippen LogP contribution in [-0.2, 0) is 19.1 Å². The Morgan fingerprint density at radius 3 is 2.58 bits per heavy atom. The monoisotopic (exact) mass is 270 g/mol. The molecule has 0 aliphatic carbocycles. The van der Waals surface area contributed by atoms with Crippen molar-refractivity contribution in [1.29, 1.82) is 0 Å². The predicted molar refractivity (Wildman–Crippen MR) is 68.6 cm³/mol. The van der Waals surface area contributed by atoms with Crippen LogP contribution in [0.4, 0.5) is 0 Å². The van der Waals surface area contributed by atoms with Gasteiger partial charge in [-0.25, -0.2) is 0 Å². The van der Waals surface area contributed by atoms with Gasteiger partial charge in [-0.05, 0) is 19.9 Å². The Morgan fingerprint density at radius 2 is 1.95 bits per heavy atom. The summed E-state index contributed by atoms with van der Waals surface area (Å²) in [5.41, 5.74) is 0. The molecule has 0 bridgehead atoms. The molecule has 0 spiro atoms. The van der Waals surface area contributed by atoms with E-state index in [0.29, 0.717) is 32.8 Å². The molecule has 2 atom stereocenters. The molecule has 0 radical (unpaired) electrons. The molecule has 2 aliphatic rings. The zero-order valence-electron chi connectivity index (χ0n) is 11.6. The second-order valence-electron chi connectivity index (χ2n) is 5.12. The lowest BCUT2D eigenvalue weighted by Crippen LogP contribution is -2.50. The van der Waals surface area contributed by atoms with E-state index < -0.39 is 0 Å². The first-order valence-electron chi connectivity index (χ1n) is 6.82. The first-order chi connectivity index (χ1) is 9.13. The van der Waals surface area contributed by atoms with E-state index in [1.807, 2.05) is 11.8 Å². The van der Waals surface area contributed by atoms with Crippen molar-refractivity contribution >= 4 is 11.9 Å². The Kier molecular flexibility index (Phi) is 4.76. The maximum Gasteiger partial charge on any atom is 0.310 e. The van der Waals surface area contributed by atoms with E-state index in [4.69, 9.17) is 9.47 Å². The Labute approximate surface area is 113 Å². The number of esters is 1. The molecular weight excluding hydrogens is 248 g/mol. The minimum absolute atomic E-state index is 0.0926. The molecule has 0 aromatic heterocycles. The highest BCUT2D eigenvalue weighted by molar-refractivity contribution is 5.82. The first kappa shape index (κ1) is 14.3. The Balaban J connectivity index is 1.87. The molecule has 2 unspecified atom stereocenters. The summed E-state index contributed by atoms with van der Waals surface area (Å²) in [5, 5.41) is 0. The average Bonchev–Trinajstić information content (AvgIpc) is 2.95. The van der Waals surface area contributed by atoms with Gasteiger partial charge in [0.25, 0.3) is 0 Å². The van der Waals surface area contributed by atoms with E-state index in [2.05, 4.69) is 4.90 Å². The summed E-state index contributed by atoms with van der Waals surface area (Å²) in [6, 6.07) is -0.173. The maximum atomic E-state index is 12.3. The van der Waals surface area contributed by atoms with Crippen molar-refractivity contribution in [2.45, 2.75) is 19.4 Å². The van der Waals surface area contributed by atoms with Gasteiger partial charge in [0, 0.05) is 19.6 Å². The number of nitrogens with zero attached hydrogens (tertiary/aromatic N) is 2. The number of likely N-dealkylation sites (tertiary alicyclic amines) is 1. The van der Waals surface area contributed by atoms with Crippen LogP contribution in [0.3, 0.4) is 0 Å². The van der Waals surface area contributed by atoms with Gasteiger partial charge in [-0.3, -0.25) is 14.5 Å². The molecular formula is C13H22N2O4. The highest BCUT2D eigenvalue weighted by atomic mass is 16.5. The molecule has 19 heavy (non-hydrogen) atoms. The molecule has 108 valence electrons. The van der Waals surface area contributed by atoms with Crippen molar-refractivity contribution in [1.82, 2.24) is 9.80 Å². The molecule has 2 saturated heterocycles. The highest BCUT2D eigenvalue weighted by Crippen LogP contribution is 2.20. The molecule has 1 amide bonds. The fourth-order valence-corrected chi connectivity index (χ4v) is 2.70. The van der Waals surface area contributed by atoms with Gasteiger partial charge in [0.1, 0.15) is 0 Å². The lowest BCUT2D eigenvalue weighted by molar-refractivity contribution is -0.146. The van der Waals surface area contributed by atoms with Crippen LogP contribution in [0, 0.1) is 5.92 Å². The fraction of sp³-hybridized carbons (Fsp3) is 0.846. The van der Waals surface area contributed by atoms with E-state index in [-0.39, 0.29) is 23.8 Å². The second kappa shape index (κ2) is 6.34. The van der Waals surface area contributed by atoms with E-state index in [9.17, 15) is 9.59 Å². The number of rotatable bonds is 3. The Hall–Kier alpha value is -1.14. The number of carbonyl (C=O) groups is 2. The number of carbonyl (C=O) groups excluding carboxylic acids is 2. The minimum atomic E-state index is -0.173. The van der Waals surface area contributed by atoms with E-state index in [0.717, 1.165) is 13.0 Å². The first-order valence-corrected chi connectivity index (χ1v) is 6.82. The molecule has 0 saturated carbocycles. The zero-order valence-corrected chi connectivity index (χ0v) is 11.6. The number of methoxy groups -OCH3 is 1. The number of amides is 1. The molecule has 2 rings (SSSR count). The van der Waals surface area contributed by atoms with Crippen molar-refractivity contribution in [3.05, 3.63) is 0 Å². The molecule has 0 N–H and O–H groups in total. The summed E-state index contributed by atoms with van der Waals surface area (Å²) in [6.45, 7) is 5.86. The average molecular weight is 270 g/mol. The van der Waals surface area contributed by atoms with Gasteiger partial charge in [-0.15, -0.1) is 0 Å². The number of ether oxygens (including phenoxy) is 2. The van der Waals surface area contributed by atoms with Crippen LogP contribution >= 0.6 is 0 Å². The number of morpholine rings is 1. The van der Waals surface area contributed by atoms with Gasteiger partial charge in [0.05, 0.1) is 32.3 Å². The van der Waals surface area contributed by atoms with Gasteiger partial charge >= 0.3 is 5.97 Å². The van der Waals surface area contributed by atoms with Crippen molar-refractivity contribution in [3.8, 4) is 0 Å². The topological polar surface area (TPSA) is 59.1 Å². The molecule has 2 aliphatic heterocycles. The van der Waals surface area contributed by atoms with Crippen molar-refractivity contribution < 1.29 is 19.1 Å². The van der Waals surface area contributed by atoms with Crippen LogP contribution in [0.15, 0.2) is 0 Å². The SMILES string of the molecule is COC(=O)C1CCN(C(C)C(=O)N2CCOCC2)C1. The Bertz CT molecular complexity index is 342. The van der Waals surface area contributed by atoms with Gasteiger partial charge in [0.2, 0.25) is 5.91 Å². The van der Waals surface area contributed by atoms with Crippen LogP contribution < -0.4 is 0 Å². The van der Waals surface area contributed by atoms with Crippen LogP contribution in [0.25, 0.3) is 0 Å². The lowest BCUT2D eigenvalue weighted by Gasteiger charge is -2.32. The zero-order chi connectivity index (χ0) is 13.8. The molecule has 2 heterocycles. The normalized spacial score (nSPS) is 26.2. The Morgan fingerprint density at radius 1 is 1.26 bits per heavy atom. The number of hydrogen-bond donors (Lipinski definition) is 0. The standard InChI is InChI=1S/C13H22N2O4/c1-10(12(16)14-5-7-19-8-6-14)15-4-3-11(9-15)13(17)18-2/h10-11H,3-9H2,1-2H3. The van der Waals surface area contributed by atoms with E-state index in [1.165, 1.54) is 7.11 Å². The summed E-state index contributed by atoms with van der Waals surface area (Å²) in [4.78, 5) is 27.8. The second-order valence-corrected chi connectivity index (χ2v) is 5.12. The predicted octanol–water partition coefficient (Wildman–Crippen LogP) is -0.271. The van der Waals surface area contributed by atoms with Gasteiger partial charge < -0.3 is 14.4 Å². The van der Waals surface area contributed by atoms with Crippen LogP contribution in [0.5, 0.6) is 0 Å². The van der Waals surface area contributed by atoms with E-state index in [1.54, 1.807) is 0 Å². The van der Waals surface area contributed by atoms with Crippen molar-refractivity contribution in [3.63, 3.8) is 0 Å². The molecule has 0 aromatic carbocycles. The van der Waals surface area contributed by atoms with Crippen LogP contribution in [0.1, 0.15) is 13.3 Å². The number of hydrogen-bond acceptors (Lipinski definition) is 5. The minimum Gasteiger partial charge on any atom is -0.469 e. The lowest BCUT2D eigenvalue weighted by atomic mass is 10.1. The summed E-state index contributed by atoms with van der Waals surface area (Å²) < 4.78 is 10.0. The van der Waals surface area contributed by atoms with Gasteiger partial charge in [-0.1, -0.05) is 0 Å². The third-order valence-corrected chi connectivity index (χ3v) is 3.98. The van der Waals surface area contributed by atoms with Crippen molar-refractivity contribution in [2.24, 2.45) is 5.92 Å². The molecule has 0 aromatic rings. The molecule has 6 heteroatoms. The summed E-state index contributed by atoms with van der Waals surface area (Å²) in [6.07, 6.45) is 0.771.